The van der Waals surface area contributed by atoms with E-state index in [4.69, 9.17) is 19.4 Å². The third kappa shape index (κ3) is 5.29. The number of rotatable bonds is 4. The van der Waals surface area contributed by atoms with Crippen LogP contribution >= 0.6 is 18.9 Å². The molecule has 10 heteroatoms. The maximum Gasteiger partial charge on any atom is 0.373 e. The van der Waals surface area contributed by atoms with Gasteiger partial charge in [0.15, 0.2) is 0 Å². The fourth-order valence-electron chi connectivity index (χ4n) is 2.03. The van der Waals surface area contributed by atoms with Crippen LogP contribution in [0.3, 0.4) is 0 Å². The number of thiophene rings is 1. The second-order valence-corrected chi connectivity index (χ2v) is 7.68. The molecule has 3 aromatic rings. The molecule has 2 heterocycles. The third-order valence-corrected chi connectivity index (χ3v) is 4.78. The molecule has 0 spiro atoms. The highest BCUT2D eigenvalue weighted by Crippen LogP contribution is 2.37. The highest BCUT2D eigenvalue weighted by molar-refractivity contribution is 7.51. The van der Waals surface area contributed by atoms with Crippen LogP contribution in [0.1, 0.15) is 5.56 Å². The minimum absolute atomic E-state index is 0.250. The number of nitrogens with one attached hydrogen (secondary N) is 1. The Morgan fingerprint density at radius 2 is 1.84 bits per heavy atom. The molecule has 0 saturated carbocycles. The van der Waals surface area contributed by atoms with Crippen molar-refractivity contribution in [1.82, 2.24) is 9.97 Å². The Bertz CT molecular complexity index is 945. The van der Waals surface area contributed by atoms with Crippen LogP contribution in [0.4, 0.5) is 5.82 Å². The first kappa shape index (κ1) is 18.9. The Hall–Kier alpha value is -2.41. The van der Waals surface area contributed by atoms with Gasteiger partial charge in [0.1, 0.15) is 23.3 Å². The molecule has 0 amide bonds. The number of benzene rings is 1. The van der Waals surface area contributed by atoms with Gasteiger partial charge >= 0.3 is 13.7 Å². The molecule has 130 valence electrons. The molecule has 0 unspecified atom stereocenters. The summed E-state index contributed by atoms with van der Waals surface area (Å²) in [5.74, 6) is 0.433. The number of carbonyl (C=O) groups excluding carboxylic acids is 2. The van der Waals surface area contributed by atoms with Crippen molar-refractivity contribution < 1.29 is 23.9 Å². The Morgan fingerprint density at radius 3 is 2.44 bits per heavy atom. The normalized spacial score (nSPS) is 10.7. The first-order chi connectivity index (χ1) is 11.8. The summed E-state index contributed by atoms with van der Waals surface area (Å²) in [6.45, 7) is 2.03. The van der Waals surface area contributed by atoms with Gasteiger partial charge in [-0.1, -0.05) is 29.8 Å². The second-order valence-electron chi connectivity index (χ2n) is 5.00. The molecule has 2 aromatic heterocycles. The molecular formula is C15H14N3O5PS. The predicted octanol–water partition coefficient (Wildman–Crippen LogP) is 2.63. The summed E-state index contributed by atoms with van der Waals surface area (Å²) in [7, 11) is -4.13. The van der Waals surface area contributed by atoms with Gasteiger partial charge < -0.3 is 15.1 Å². The van der Waals surface area contributed by atoms with Gasteiger partial charge in [0.25, 0.3) is 0 Å². The molecule has 0 bridgehead atoms. The minimum atomic E-state index is -4.13. The van der Waals surface area contributed by atoms with Gasteiger partial charge in [-0.15, -0.1) is 11.3 Å². The van der Waals surface area contributed by atoms with Crippen molar-refractivity contribution in [3.63, 3.8) is 0 Å². The van der Waals surface area contributed by atoms with Gasteiger partial charge in [0, 0.05) is 4.88 Å². The van der Waals surface area contributed by atoms with Crippen LogP contribution in [0, 0.1) is 6.92 Å². The monoisotopic (exact) mass is 379 g/mol. The van der Waals surface area contributed by atoms with E-state index in [1.165, 1.54) is 23.2 Å². The van der Waals surface area contributed by atoms with Crippen molar-refractivity contribution in [1.29, 1.82) is 0 Å². The second kappa shape index (κ2) is 8.11. The highest BCUT2D eigenvalue weighted by Gasteiger charge is 2.15. The lowest BCUT2D eigenvalue weighted by atomic mass is 10.1. The maximum atomic E-state index is 11.0. The number of hydrogen-bond acceptors (Lipinski definition) is 7. The predicted molar refractivity (Wildman–Crippen MR) is 93.1 cm³/mol. The zero-order chi connectivity index (χ0) is 18.4. The number of anilines is 1. The van der Waals surface area contributed by atoms with Gasteiger partial charge in [-0.25, -0.2) is 9.97 Å². The molecule has 3 N–H and O–H groups in total. The van der Waals surface area contributed by atoms with Gasteiger partial charge in [-0.3, -0.25) is 4.57 Å². The lowest BCUT2D eigenvalue weighted by Gasteiger charge is -2.07. The number of fused-ring (bicyclic) bond motifs is 1. The van der Waals surface area contributed by atoms with E-state index in [0.717, 1.165) is 20.7 Å². The van der Waals surface area contributed by atoms with E-state index in [1.54, 1.807) is 0 Å². The average molecular weight is 379 g/mol. The van der Waals surface area contributed by atoms with Gasteiger partial charge in [-0.05, 0) is 18.6 Å². The fraction of sp³-hybridized carbons (Fsp3) is 0.133. The van der Waals surface area contributed by atoms with E-state index in [-0.39, 0.29) is 6.15 Å². The average Bonchev–Trinajstić information content (AvgIpc) is 2.98. The van der Waals surface area contributed by atoms with Gasteiger partial charge in [0.2, 0.25) is 0 Å². The molecule has 3 rings (SSSR count). The number of nitrogens with zero attached hydrogens (tertiary/aromatic N) is 2. The first-order valence-corrected chi connectivity index (χ1v) is 9.55. The Balaban J connectivity index is 0.000000701. The molecule has 0 radical (unpaired) electrons. The Morgan fingerprint density at radius 1 is 1.20 bits per heavy atom. The summed E-state index contributed by atoms with van der Waals surface area (Å²) < 4.78 is 11.0. The molecule has 25 heavy (non-hydrogen) atoms. The Kier molecular flexibility index (Phi) is 6.14. The smallest absolute Gasteiger partial charge is 0.358 e. The van der Waals surface area contributed by atoms with Crippen LogP contribution in [-0.2, 0) is 14.2 Å². The van der Waals surface area contributed by atoms with Crippen molar-refractivity contribution in [2.24, 2.45) is 0 Å². The van der Waals surface area contributed by atoms with Crippen molar-refractivity contribution in [3.05, 3.63) is 42.2 Å². The van der Waals surface area contributed by atoms with Gasteiger partial charge in [-0.2, -0.15) is 9.59 Å². The zero-order valence-corrected chi connectivity index (χ0v) is 14.8. The molecule has 0 aliphatic carbocycles. The van der Waals surface area contributed by atoms with Crippen molar-refractivity contribution in [2.75, 3.05) is 11.6 Å². The molecule has 1 aromatic carbocycles. The molecule has 0 saturated heterocycles. The van der Waals surface area contributed by atoms with E-state index in [9.17, 15) is 4.57 Å². The molecule has 0 aliphatic rings. The number of aryl methyl sites for hydroxylation is 1. The van der Waals surface area contributed by atoms with Crippen molar-refractivity contribution >= 4 is 41.1 Å². The summed E-state index contributed by atoms with van der Waals surface area (Å²) in [6.07, 6.45) is 1.19. The molecular weight excluding hydrogens is 365 g/mol. The van der Waals surface area contributed by atoms with E-state index in [1.807, 2.05) is 37.3 Å². The fourth-order valence-corrected chi connectivity index (χ4v) is 3.39. The van der Waals surface area contributed by atoms with Crippen LogP contribution in [0.2, 0.25) is 0 Å². The summed E-state index contributed by atoms with van der Waals surface area (Å²) in [4.78, 5) is 44.3. The molecule has 0 aliphatic heterocycles. The number of hydrogen-bond donors (Lipinski definition) is 3. The SMILES string of the molecule is Cc1ccc(-c2cc3c(NCP(=O)(O)O)ncnc3s2)cc1.O=C=O. The van der Waals surface area contributed by atoms with Crippen LogP contribution in [0.5, 0.6) is 0 Å². The Labute approximate surface area is 146 Å². The lowest BCUT2D eigenvalue weighted by Crippen LogP contribution is -2.04. The summed E-state index contributed by atoms with van der Waals surface area (Å²) in [6, 6.07) is 10.1. The molecule has 0 fully saturated rings. The summed E-state index contributed by atoms with van der Waals surface area (Å²) in [5, 5.41) is 3.45. The molecule has 0 atom stereocenters. The van der Waals surface area contributed by atoms with Crippen LogP contribution < -0.4 is 5.32 Å². The molecule has 8 nitrogen and oxygen atoms in total. The third-order valence-electron chi connectivity index (χ3n) is 3.12. The van der Waals surface area contributed by atoms with E-state index in [0.29, 0.717) is 5.82 Å². The number of aromatic nitrogens is 2. The van der Waals surface area contributed by atoms with E-state index in [2.05, 4.69) is 15.3 Å². The standard InChI is InChI=1S/C14H14N3O3PS.CO2/c1-9-2-4-10(5-3-9)12-6-11-13(17-8-21(18,19)20)15-7-16-14(11)22-12;2-1-3/h2-7H,8H2,1H3,(H,15,16,17)(H2,18,19,20);. The summed E-state index contributed by atoms with van der Waals surface area (Å²) in [5.41, 5.74) is 2.27. The van der Waals surface area contributed by atoms with E-state index < -0.39 is 13.9 Å². The van der Waals surface area contributed by atoms with Crippen LogP contribution in [-0.4, -0.2) is 32.2 Å². The summed E-state index contributed by atoms with van der Waals surface area (Å²) >= 11 is 1.52. The topological polar surface area (TPSA) is 129 Å². The first-order valence-electron chi connectivity index (χ1n) is 6.93. The van der Waals surface area contributed by atoms with E-state index >= 15 is 0 Å². The largest absolute Gasteiger partial charge is 0.373 e. The lowest BCUT2D eigenvalue weighted by molar-refractivity contribution is -0.191. The zero-order valence-electron chi connectivity index (χ0n) is 13.0. The minimum Gasteiger partial charge on any atom is -0.358 e. The van der Waals surface area contributed by atoms with Crippen LogP contribution in [0.15, 0.2) is 36.7 Å². The quantitative estimate of drug-likeness (QED) is 0.590. The van der Waals surface area contributed by atoms with Crippen molar-refractivity contribution in [3.8, 4) is 10.4 Å². The van der Waals surface area contributed by atoms with Crippen molar-refractivity contribution in [2.45, 2.75) is 6.92 Å². The maximum absolute atomic E-state index is 11.0. The highest BCUT2D eigenvalue weighted by atomic mass is 32.1. The van der Waals surface area contributed by atoms with Crippen LogP contribution in [0.25, 0.3) is 20.7 Å². The van der Waals surface area contributed by atoms with Gasteiger partial charge in [0.05, 0.1) is 5.39 Å².